The van der Waals surface area contributed by atoms with Gasteiger partial charge < -0.3 is 5.32 Å². The van der Waals surface area contributed by atoms with E-state index in [-0.39, 0.29) is 22.9 Å². The van der Waals surface area contributed by atoms with Crippen LogP contribution in [0.25, 0.3) is 4.91 Å². The van der Waals surface area contributed by atoms with Gasteiger partial charge in [-0.1, -0.05) is 41.9 Å². The van der Waals surface area contributed by atoms with Gasteiger partial charge >= 0.3 is 0 Å². The summed E-state index contributed by atoms with van der Waals surface area (Å²) in [5.41, 5.74) is 4.29. The predicted molar refractivity (Wildman–Crippen MR) is 134 cm³/mol. The molecule has 0 aliphatic carbocycles. The van der Waals surface area contributed by atoms with Crippen LogP contribution in [0.4, 0.5) is 5.69 Å². The minimum absolute atomic E-state index is 0.0413. The summed E-state index contributed by atoms with van der Waals surface area (Å²) in [6.07, 6.45) is 0. The second-order valence-electron chi connectivity index (χ2n) is 8.23. The van der Waals surface area contributed by atoms with Gasteiger partial charge in [-0.2, -0.15) is 0 Å². The average molecular weight is 495 g/mol. The first-order valence-electron chi connectivity index (χ1n) is 10.6. The molecule has 0 atom stereocenters. The summed E-state index contributed by atoms with van der Waals surface area (Å²) in [5.74, 6) is -0.855. The molecule has 0 bridgehead atoms. The van der Waals surface area contributed by atoms with E-state index in [0.717, 1.165) is 15.4 Å². The summed E-state index contributed by atoms with van der Waals surface area (Å²) >= 11 is 5.86. The van der Waals surface area contributed by atoms with E-state index in [2.05, 4.69) is 5.32 Å². The molecule has 0 unspecified atom stereocenters. The summed E-state index contributed by atoms with van der Waals surface area (Å²) in [6, 6.07) is 18.6. The Morgan fingerprint density at radius 3 is 2.18 bits per heavy atom. The first-order chi connectivity index (χ1) is 16.1. The molecule has 3 aromatic rings. The standard InChI is InChI=1S/C26H23ClN2O4S/c1-16-4-7-21(14-17(16)2)24-18(3)26(31)29(34(24,32)33)15-19-5-8-20(9-6-19)25(30)28-23-12-10-22(27)11-13-23/h4-14H,15H2,1-3H3,(H,28,30). The number of hydrogen-bond acceptors (Lipinski definition) is 4. The Balaban J connectivity index is 1.52. The van der Waals surface area contributed by atoms with Gasteiger partial charge in [0.15, 0.2) is 0 Å². The van der Waals surface area contributed by atoms with E-state index < -0.39 is 15.9 Å². The topological polar surface area (TPSA) is 83.6 Å². The molecular weight excluding hydrogens is 472 g/mol. The van der Waals surface area contributed by atoms with Crippen LogP contribution in [0.1, 0.15) is 39.5 Å². The van der Waals surface area contributed by atoms with Crippen LogP contribution in [-0.4, -0.2) is 24.5 Å². The minimum atomic E-state index is -4.00. The number of carbonyl (C=O) groups excluding carboxylic acids is 2. The third-order valence-electron chi connectivity index (χ3n) is 5.85. The zero-order chi connectivity index (χ0) is 24.6. The van der Waals surface area contributed by atoms with Gasteiger partial charge in [-0.3, -0.25) is 9.59 Å². The highest BCUT2D eigenvalue weighted by Gasteiger charge is 2.42. The molecule has 0 saturated heterocycles. The lowest BCUT2D eigenvalue weighted by Gasteiger charge is -2.17. The second-order valence-corrected chi connectivity index (χ2v) is 10.5. The Morgan fingerprint density at radius 2 is 1.56 bits per heavy atom. The fourth-order valence-corrected chi connectivity index (χ4v) is 5.69. The monoisotopic (exact) mass is 494 g/mol. The molecule has 4 rings (SSSR count). The van der Waals surface area contributed by atoms with Crippen LogP contribution >= 0.6 is 11.6 Å². The number of benzene rings is 3. The van der Waals surface area contributed by atoms with Gasteiger partial charge in [0.1, 0.15) is 4.91 Å². The molecule has 0 spiro atoms. The second kappa shape index (κ2) is 9.08. The summed E-state index contributed by atoms with van der Waals surface area (Å²) in [4.78, 5) is 25.4. The summed E-state index contributed by atoms with van der Waals surface area (Å²) in [7, 11) is -4.00. The largest absolute Gasteiger partial charge is 0.322 e. The Morgan fingerprint density at radius 1 is 0.912 bits per heavy atom. The van der Waals surface area contributed by atoms with Crippen molar-refractivity contribution in [1.29, 1.82) is 0 Å². The molecule has 6 nitrogen and oxygen atoms in total. The highest BCUT2D eigenvalue weighted by atomic mass is 35.5. The van der Waals surface area contributed by atoms with Crippen molar-refractivity contribution < 1.29 is 18.0 Å². The highest BCUT2D eigenvalue weighted by Crippen LogP contribution is 2.37. The van der Waals surface area contributed by atoms with Gasteiger partial charge in [0.25, 0.3) is 21.8 Å². The van der Waals surface area contributed by atoms with Crippen molar-refractivity contribution in [3.63, 3.8) is 0 Å². The van der Waals surface area contributed by atoms with E-state index in [1.807, 2.05) is 19.9 Å². The predicted octanol–water partition coefficient (Wildman–Crippen LogP) is 5.31. The highest BCUT2D eigenvalue weighted by molar-refractivity contribution is 7.99. The molecule has 1 heterocycles. The molecular formula is C26H23ClN2O4S. The molecule has 8 heteroatoms. The first-order valence-corrected chi connectivity index (χ1v) is 12.4. The van der Waals surface area contributed by atoms with Gasteiger partial charge in [0.2, 0.25) is 0 Å². The maximum atomic E-state index is 13.3. The summed E-state index contributed by atoms with van der Waals surface area (Å²) < 4.78 is 27.5. The van der Waals surface area contributed by atoms with Gasteiger partial charge in [-0.05, 0) is 79.4 Å². The number of halogens is 1. The molecule has 0 aromatic heterocycles. The van der Waals surface area contributed by atoms with E-state index in [9.17, 15) is 18.0 Å². The molecule has 1 aliphatic rings. The van der Waals surface area contributed by atoms with Crippen molar-refractivity contribution >= 4 is 44.0 Å². The Bertz CT molecular complexity index is 1430. The lowest BCUT2D eigenvalue weighted by Crippen LogP contribution is -2.30. The molecule has 1 aliphatic heterocycles. The maximum absolute atomic E-state index is 13.3. The molecule has 0 radical (unpaired) electrons. The van der Waals surface area contributed by atoms with E-state index in [0.29, 0.717) is 27.4 Å². The number of carbonyl (C=O) groups is 2. The molecule has 34 heavy (non-hydrogen) atoms. The fourth-order valence-electron chi connectivity index (χ4n) is 3.77. The fraction of sp³-hybridized carbons (Fsp3) is 0.154. The smallest absolute Gasteiger partial charge is 0.268 e. The quantitative estimate of drug-likeness (QED) is 0.520. The lowest BCUT2D eigenvalue weighted by atomic mass is 10.0. The van der Waals surface area contributed by atoms with Crippen LogP contribution in [0.5, 0.6) is 0 Å². The van der Waals surface area contributed by atoms with Gasteiger partial charge in [0.05, 0.1) is 6.54 Å². The van der Waals surface area contributed by atoms with Crippen molar-refractivity contribution in [2.45, 2.75) is 27.3 Å². The zero-order valence-electron chi connectivity index (χ0n) is 18.9. The average Bonchev–Trinajstić information content (AvgIpc) is 2.97. The molecule has 0 saturated carbocycles. The number of nitrogens with one attached hydrogen (secondary N) is 1. The Kier molecular flexibility index (Phi) is 6.34. The van der Waals surface area contributed by atoms with Crippen LogP contribution in [0.2, 0.25) is 5.02 Å². The number of sulfonamides is 1. The van der Waals surface area contributed by atoms with E-state index >= 15 is 0 Å². The molecule has 2 amide bonds. The van der Waals surface area contributed by atoms with Crippen LogP contribution in [0.15, 0.2) is 72.3 Å². The maximum Gasteiger partial charge on any atom is 0.268 e. The van der Waals surface area contributed by atoms with Crippen molar-refractivity contribution in [3.05, 3.63) is 105 Å². The lowest BCUT2D eigenvalue weighted by molar-refractivity contribution is -0.122. The number of anilines is 1. The summed E-state index contributed by atoms with van der Waals surface area (Å²) in [5, 5.41) is 3.34. The van der Waals surface area contributed by atoms with Crippen molar-refractivity contribution in [2.75, 3.05) is 5.32 Å². The number of hydrogen-bond donors (Lipinski definition) is 1. The number of aryl methyl sites for hydroxylation is 2. The molecule has 3 aromatic carbocycles. The number of rotatable bonds is 5. The van der Waals surface area contributed by atoms with E-state index in [1.54, 1.807) is 60.7 Å². The van der Waals surface area contributed by atoms with Crippen LogP contribution < -0.4 is 5.32 Å². The third-order valence-corrected chi connectivity index (χ3v) is 8.03. The van der Waals surface area contributed by atoms with Gasteiger partial charge in [-0.15, -0.1) is 0 Å². The minimum Gasteiger partial charge on any atom is -0.322 e. The number of amides is 2. The molecule has 1 N–H and O–H groups in total. The molecule has 0 fully saturated rings. The van der Waals surface area contributed by atoms with Crippen molar-refractivity contribution in [1.82, 2.24) is 4.31 Å². The van der Waals surface area contributed by atoms with E-state index in [4.69, 9.17) is 11.6 Å². The SMILES string of the molecule is CC1=C(c2ccc(C)c(C)c2)S(=O)(=O)N(Cc2ccc(C(=O)Nc3ccc(Cl)cc3)cc2)C1=O. The molecule has 174 valence electrons. The van der Waals surface area contributed by atoms with Crippen molar-refractivity contribution in [3.8, 4) is 0 Å². The zero-order valence-corrected chi connectivity index (χ0v) is 20.5. The van der Waals surface area contributed by atoms with Crippen LogP contribution in [0, 0.1) is 13.8 Å². The van der Waals surface area contributed by atoms with Gasteiger partial charge in [0, 0.05) is 21.8 Å². The van der Waals surface area contributed by atoms with E-state index in [1.165, 1.54) is 6.92 Å². The van der Waals surface area contributed by atoms with Crippen LogP contribution in [-0.2, 0) is 21.4 Å². The summed E-state index contributed by atoms with van der Waals surface area (Å²) in [6.45, 7) is 5.27. The Hall–Kier alpha value is -3.42. The Labute approximate surface area is 203 Å². The van der Waals surface area contributed by atoms with Crippen LogP contribution in [0.3, 0.4) is 0 Å². The van der Waals surface area contributed by atoms with Crippen molar-refractivity contribution in [2.24, 2.45) is 0 Å². The number of nitrogens with zero attached hydrogens (tertiary/aromatic N) is 1. The third kappa shape index (κ3) is 4.49. The normalized spacial score (nSPS) is 15.1. The van der Waals surface area contributed by atoms with Gasteiger partial charge in [-0.25, -0.2) is 12.7 Å². The first kappa shape index (κ1) is 23.7.